The van der Waals surface area contributed by atoms with E-state index in [1.807, 2.05) is 42.5 Å². The predicted octanol–water partition coefficient (Wildman–Crippen LogP) is 3.98. The summed E-state index contributed by atoms with van der Waals surface area (Å²) in [4.78, 5) is 0. The quantitative estimate of drug-likeness (QED) is 0.664. The third kappa shape index (κ3) is 3.22. The Kier molecular flexibility index (Phi) is 4.36. The zero-order chi connectivity index (χ0) is 16.4. The molecule has 0 atom stereocenters. The fourth-order valence-electron chi connectivity index (χ4n) is 2.31. The van der Waals surface area contributed by atoms with E-state index in [0.717, 1.165) is 32.4 Å². The normalized spacial score (nSPS) is 13.3. The number of aromatic nitrogens is 3. The van der Waals surface area contributed by atoms with Crippen molar-refractivity contribution in [1.82, 2.24) is 14.9 Å². The van der Waals surface area contributed by atoms with Gasteiger partial charge in [0.1, 0.15) is 12.4 Å². The molecule has 0 amide bonds. The Bertz CT molecular complexity index is 877. The zero-order valence-corrected chi connectivity index (χ0v) is 15.0. The Labute approximate surface area is 151 Å². The molecule has 7 heteroatoms. The molecule has 1 aliphatic rings. The van der Waals surface area contributed by atoms with Crippen molar-refractivity contribution in [2.45, 2.75) is 11.8 Å². The standard InChI is InChI=1S/C17H13BrN4OS/c18-13-6-8-14(9-7-13)23-10-16-19-20-17-22(16)21-15(11-24-17)12-4-2-1-3-5-12/h1-9H,10-11H2. The van der Waals surface area contributed by atoms with E-state index in [1.165, 1.54) is 0 Å². The van der Waals surface area contributed by atoms with Crippen LogP contribution in [0, 0.1) is 0 Å². The smallest absolute Gasteiger partial charge is 0.212 e. The van der Waals surface area contributed by atoms with E-state index in [-0.39, 0.29) is 0 Å². The topological polar surface area (TPSA) is 52.3 Å². The molecule has 0 bridgehead atoms. The van der Waals surface area contributed by atoms with Crippen molar-refractivity contribution in [2.75, 3.05) is 5.75 Å². The van der Waals surface area contributed by atoms with Gasteiger partial charge in [0.05, 0.1) is 5.71 Å². The van der Waals surface area contributed by atoms with Crippen molar-refractivity contribution in [2.24, 2.45) is 5.10 Å². The SMILES string of the molecule is Brc1ccc(OCc2nnc3n2N=C(c2ccccc2)CS3)cc1. The lowest BCUT2D eigenvalue weighted by atomic mass is 10.1. The highest BCUT2D eigenvalue weighted by atomic mass is 79.9. The first-order valence-corrected chi connectivity index (χ1v) is 9.16. The van der Waals surface area contributed by atoms with E-state index in [1.54, 1.807) is 16.4 Å². The number of thioether (sulfide) groups is 1. The summed E-state index contributed by atoms with van der Waals surface area (Å²) in [6.45, 7) is 0.320. The van der Waals surface area contributed by atoms with Gasteiger partial charge in [-0.15, -0.1) is 10.2 Å². The first-order valence-electron chi connectivity index (χ1n) is 7.38. The van der Waals surface area contributed by atoms with Gasteiger partial charge in [0.2, 0.25) is 5.16 Å². The molecule has 24 heavy (non-hydrogen) atoms. The van der Waals surface area contributed by atoms with Crippen LogP contribution in [0.5, 0.6) is 5.75 Å². The molecule has 120 valence electrons. The van der Waals surface area contributed by atoms with E-state index in [2.05, 4.69) is 38.3 Å². The summed E-state index contributed by atoms with van der Waals surface area (Å²) in [5.74, 6) is 2.26. The van der Waals surface area contributed by atoms with Crippen molar-refractivity contribution in [3.05, 3.63) is 70.5 Å². The van der Waals surface area contributed by atoms with Gasteiger partial charge in [-0.25, -0.2) is 0 Å². The molecule has 0 N–H and O–H groups in total. The summed E-state index contributed by atoms with van der Waals surface area (Å²) < 4.78 is 8.58. The number of hydrogen-bond acceptors (Lipinski definition) is 5. The third-order valence-electron chi connectivity index (χ3n) is 3.52. The molecule has 0 fully saturated rings. The second-order valence-corrected chi connectivity index (χ2v) is 7.01. The van der Waals surface area contributed by atoms with E-state index in [4.69, 9.17) is 9.84 Å². The van der Waals surface area contributed by atoms with Gasteiger partial charge >= 0.3 is 0 Å². The highest BCUT2D eigenvalue weighted by Gasteiger charge is 2.19. The highest BCUT2D eigenvalue weighted by molar-refractivity contribution is 9.10. The van der Waals surface area contributed by atoms with Gasteiger partial charge in [0.25, 0.3) is 0 Å². The van der Waals surface area contributed by atoms with Crippen LogP contribution in [-0.2, 0) is 6.61 Å². The van der Waals surface area contributed by atoms with E-state index >= 15 is 0 Å². The van der Waals surface area contributed by atoms with Crippen LogP contribution < -0.4 is 4.74 Å². The number of halogens is 1. The van der Waals surface area contributed by atoms with Gasteiger partial charge in [0, 0.05) is 10.2 Å². The lowest BCUT2D eigenvalue weighted by molar-refractivity contribution is 0.290. The predicted molar refractivity (Wildman–Crippen MR) is 97.6 cm³/mol. The Morgan fingerprint density at radius 2 is 1.83 bits per heavy atom. The lowest BCUT2D eigenvalue weighted by Gasteiger charge is -2.14. The molecule has 3 aromatic rings. The van der Waals surface area contributed by atoms with Crippen molar-refractivity contribution in [3.8, 4) is 5.75 Å². The van der Waals surface area contributed by atoms with Crippen molar-refractivity contribution >= 4 is 33.4 Å². The largest absolute Gasteiger partial charge is 0.486 e. The molecule has 0 aliphatic carbocycles. The minimum Gasteiger partial charge on any atom is -0.486 e. The number of nitrogens with zero attached hydrogens (tertiary/aromatic N) is 4. The Morgan fingerprint density at radius 1 is 1.04 bits per heavy atom. The molecule has 4 rings (SSSR count). The molecule has 0 saturated carbocycles. The average molecular weight is 401 g/mol. The van der Waals surface area contributed by atoms with Crippen LogP contribution in [0.4, 0.5) is 0 Å². The summed E-state index contributed by atoms with van der Waals surface area (Å²) in [7, 11) is 0. The Morgan fingerprint density at radius 3 is 2.62 bits per heavy atom. The molecule has 1 aliphatic heterocycles. The molecule has 0 radical (unpaired) electrons. The average Bonchev–Trinajstić information content (AvgIpc) is 3.04. The third-order valence-corrected chi connectivity index (χ3v) is 4.98. The van der Waals surface area contributed by atoms with E-state index < -0.39 is 0 Å². The maximum atomic E-state index is 5.79. The minimum absolute atomic E-state index is 0.320. The first kappa shape index (κ1) is 15.4. The van der Waals surface area contributed by atoms with Gasteiger partial charge in [-0.1, -0.05) is 58.0 Å². The van der Waals surface area contributed by atoms with Crippen molar-refractivity contribution in [3.63, 3.8) is 0 Å². The molecule has 0 unspecified atom stereocenters. The molecular formula is C17H13BrN4OS. The highest BCUT2D eigenvalue weighted by Crippen LogP contribution is 2.25. The zero-order valence-electron chi connectivity index (χ0n) is 12.6. The Hall–Kier alpha value is -2.12. The van der Waals surface area contributed by atoms with Gasteiger partial charge in [-0.3, -0.25) is 0 Å². The van der Waals surface area contributed by atoms with Crippen LogP contribution >= 0.6 is 27.7 Å². The molecule has 1 aromatic heterocycles. The number of fused-ring (bicyclic) bond motifs is 1. The van der Waals surface area contributed by atoms with Crippen LogP contribution in [0.1, 0.15) is 11.4 Å². The number of rotatable bonds is 4. The van der Waals surface area contributed by atoms with Gasteiger partial charge in [0.15, 0.2) is 5.82 Å². The Balaban J connectivity index is 1.56. The van der Waals surface area contributed by atoms with Gasteiger partial charge < -0.3 is 4.74 Å². The maximum Gasteiger partial charge on any atom is 0.212 e. The second kappa shape index (κ2) is 6.78. The van der Waals surface area contributed by atoms with Gasteiger partial charge in [-0.2, -0.15) is 9.78 Å². The second-order valence-electron chi connectivity index (χ2n) is 5.15. The van der Waals surface area contributed by atoms with Crippen LogP contribution in [0.2, 0.25) is 0 Å². The fraction of sp³-hybridized carbons (Fsp3) is 0.118. The maximum absolute atomic E-state index is 5.79. The summed E-state index contributed by atoms with van der Waals surface area (Å²) >= 11 is 5.04. The summed E-state index contributed by atoms with van der Waals surface area (Å²) in [5.41, 5.74) is 2.13. The lowest BCUT2D eigenvalue weighted by Crippen LogP contribution is -2.15. The van der Waals surface area contributed by atoms with Crippen LogP contribution in [-0.4, -0.2) is 26.3 Å². The summed E-state index contributed by atoms with van der Waals surface area (Å²) in [6.07, 6.45) is 0. The van der Waals surface area contributed by atoms with Crippen LogP contribution in [0.15, 0.2) is 69.3 Å². The number of ether oxygens (including phenoxy) is 1. The molecule has 0 saturated heterocycles. The molecule has 2 heterocycles. The number of benzene rings is 2. The van der Waals surface area contributed by atoms with Crippen LogP contribution in [0.3, 0.4) is 0 Å². The fourth-order valence-corrected chi connectivity index (χ4v) is 3.43. The molecule has 2 aromatic carbocycles. The van der Waals surface area contributed by atoms with Crippen LogP contribution in [0.25, 0.3) is 0 Å². The minimum atomic E-state index is 0.320. The molecular weight excluding hydrogens is 388 g/mol. The monoisotopic (exact) mass is 400 g/mol. The first-order chi connectivity index (χ1) is 11.8. The summed E-state index contributed by atoms with van der Waals surface area (Å²) in [6, 6.07) is 17.9. The molecule has 5 nitrogen and oxygen atoms in total. The van der Waals surface area contributed by atoms with Crippen molar-refractivity contribution < 1.29 is 4.74 Å². The van der Waals surface area contributed by atoms with Gasteiger partial charge in [-0.05, 0) is 29.8 Å². The van der Waals surface area contributed by atoms with E-state index in [0.29, 0.717) is 12.4 Å². The van der Waals surface area contributed by atoms with E-state index in [9.17, 15) is 0 Å². The number of hydrogen-bond donors (Lipinski definition) is 0. The van der Waals surface area contributed by atoms with Crippen molar-refractivity contribution in [1.29, 1.82) is 0 Å². The summed E-state index contributed by atoms with van der Waals surface area (Å²) in [5, 5.41) is 13.9. The molecule has 0 spiro atoms.